The Morgan fingerprint density at radius 3 is 2.65 bits per heavy atom. The number of nitrogens with one attached hydrogen (secondary N) is 1. The molecule has 2 N–H and O–H groups in total. The predicted octanol–water partition coefficient (Wildman–Crippen LogP) is 2.61. The van der Waals surface area contributed by atoms with E-state index in [0.29, 0.717) is 18.9 Å². The maximum atomic E-state index is 12.3. The molecule has 2 rings (SSSR count). The lowest BCUT2D eigenvalue weighted by atomic mass is 9.75. The molecule has 0 aromatic carbocycles. The van der Waals surface area contributed by atoms with E-state index in [0.717, 1.165) is 38.6 Å². The van der Waals surface area contributed by atoms with Crippen LogP contribution in [0.5, 0.6) is 0 Å². The molecule has 0 bridgehead atoms. The molecule has 1 aliphatic heterocycles. The van der Waals surface area contributed by atoms with Crippen molar-refractivity contribution in [3.8, 4) is 0 Å². The fraction of sp³-hybridized carbons (Fsp3) is 0.867. The third-order valence-electron chi connectivity index (χ3n) is 4.93. The Morgan fingerprint density at radius 2 is 2.10 bits per heavy atom. The molecule has 1 atom stereocenters. The lowest BCUT2D eigenvalue weighted by Gasteiger charge is -2.44. The number of hydrogen-bond acceptors (Lipinski definition) is 2. The molecular formula is C15H26N2O3. The number of amides is 2. The first-order valence-corrected chi connectivity index (χ1v) is 7.83. The Hall–Kier alpha value is -1.26. The molecule has 2 amide bonds. The van der Waals surface area contributed by atoms with Gasteiger partial charge in [0.2, 0.25) is 0 Å². The van der Waals surface area contributed by atoms with Gasteiger partial charge in [-0.25, -0.2) is 4.79 Å². The number of rotatable bonds is 5. The van der Waals surface area contributed by atoms with Gasteiger partial charge in [0.1, 0.15) is 0 Å². The molecule has 1 heterocycles. The molecule has 2 aliphatic rings. The summed E-state index contributed by atoms with van der Waals surface area (Å²) in [7, 11) is 0. The maximum Gasteiger partial charge on any atom is 0.317 e. The third kappa shape index (κ3) is 3.64. The summed E-state index contributed by atoms with van der Waals surface area (Å²) >= 11 is 0. The molecule has 0 aromatic rings. The molecule has 0 radical (unpaired) electrons. The van der Waals surface area contributed by atoms with Crippen LogP contribution in [-0.2, 0) is 4.79 Å². The van der Waals surface area contributed by atoms with Crippen LogP contribution < -0.4 is 5.32 Å². The summed E-state index contributed by atoms with van der Waals surface area (Å²) in [5, 5.41) is 12.0. The Labute approximate surface area is 120 Å². The molecule has 20 heavy (non-hydrogen) atoms. The molecular weight excluding hydrogens is 256 g/mol. The number of likely N-dealkylation sites (tertiary alicyclic amines) is 1. The molecule has 1 aliphatic carbocycles. The lowest BCUT2D eigenvalue weighted by Crippen LogP contribution is -2.58. The molecule has 0 spiro atoms. The summed E-state index contributed by atoms with van der Waals surface area (Å²) in [6, 6.07) is 0.0478. The predicted molar refractivity (Wildman–Crippen MR) is 76.6 cm³/mol. The Bertz CT molecular complexity index is 361. The van der Waals surface area contributed by atoms with Crippen molar-refractivity contribution in [3.05, 3.63) is 0 Å². The smallest absolute Gasteiger partial charge is 0.317 e. The van der Waals surface area contributed by atoms with Gasteiger partial charge in [-0.1, -0.05) is 6.92 Å². The van der Waals surface area contributed by atoms with Crippen molar-refractivity contribution in [3.63, 3.8) is 0 Å². The molecule has 0 aromatic heterocycles. The number of aliphatic carboxylic acids is 1. The third-order valence-corrected chi connectivity index (χ3v) is 4.93. The fourth-order valence-corrected chi connectivity index (χ4v) is 3.29. The molecule has 5 nitrogen and oxygen atoms in total. The van der Waals surface area contributed by atoms with E-state index in [-0.39, 0.29) is 18.0 Å². The second kappa shape index (κ2) is 6.46. The Balaban J connectivity index is 1.82. The lowest BCUT2D eigenvalue weighted by molar-refractivity contribution is -0.137. The molecule has 1 unspecified atom stereocenters. The highest BCUT2D eigenvalue weighted by Crippen LogP contribution is 2.35. The number of carboxylic acids is 1. The highest BCUT2D eigenvalue weighted by atomic mass is 16.4. The molecule has 5 heteroatoms. The zero-order valence-electron chi connectivity index (χ0n) is 12.4. The van der Waals surface area contributed by atoms with Crippen LogP contribution in [0.15, 0.2) is 0 Å². The second-order valence-electron chi connectivity index (χ2n) is 6.30. The van der Waals surface area contributed by atoms with E-state index in [9.17, 15) is 9.59 Å². The number of carbonyl (C=O) groups excluding carboxylic acids is 1. The second-order valence-corrected chi connectivity index (χ2v) is 6.30. The highest BCUT2D eigenvalue weighted by Gasteiger charge is 2.38. The number of urea groups is 1. The van der Waals surface area contributed by atoms with Gasteiger partial charge in [0.25, 0.3) is 0 Å². The largest absolute Gasteiger partial charge is 0.481 e. The topological polar surface area (TPSA) is 69.6 Å². The van der Waals surface area contributed by atoms with E-state index >= 15 is 0 Å². The summed E-state index contributed by atoms with van der Waals surface area (Å²) in [6.45, 7) is 3.64. The van der Waals surface area contributed by atoms with Crippen molar-refractivity contribution in [2.75, 3.05) is 13.1 Å². The normalized spacial score (nSPS) is 24.9. The van der Waals surface area contributed by atoms with Crippen molar-refractivity contribution >= 4 is 12.0 Å². The number of carboxylic acid groups (broad SMARTS) is 1. The van der Waals surface area contributed by atoms with Gasteiger partial charge in [0.15, 0.2) is 0 Å². The average molecular weight is 282 g/mol. The fourth-order valence-electron chi connectivity index (χ4n) is 3.29. The molecule has 2 fully saturated rings. The zero-order chi connectivity index (χ0) is 14.6. The molecule has 1 saturated heterocycles. The van der Waals surface area contributed by atoms with Gasteiger partial charge in [0, 0.05) is 25.0 Å². The first-order valence-electron chi connectivity index (χ1n) is 7.83. The number of carbonyl (C=O) groups is 2. The van der Waals surface area contributed by atoms with Gasteiger partial charge < -0.3 is 15.3 Å². The van der Waals surface area contributed by atoms with Crippen molar-refractivity contribution in [2.24, 2.45) is 5.92 Å². The average Bonchev–Trinajstić information content (AvgIpc) is 2.40. The van der Waals surface area contributed by atoms with E-state index in [2.05, 4.69) is 12.2 Å². The molecule has 1 saturated carbocycles. The monoisotopic (exact) mass is 282 g/mol. The number of nitrogens with zero attached hydrogens (tertiary/aromatic N) is 1. The first-order chi connectivity index (χ1) is 9.54. The minimum absolute atomic E-state index is 0.0328. The van der Waals surface area contributed by atoms with Crippen LogP contribution in [0.1, 0.15) is 58.3 Å². The van der Waals surface area contributed by atoms with Crippen LogP contribution in [0.4, 0.5) is 4.79 Å². The summed E-state index contributed by atoms with van der Waals surface area (Å²) in [5.74, 6) is -0.407. The Morgan fingerprint density at radius 1 is 1.35 bits per heavy atom. The highest BCUT2D eigenvalue weighted by molar-refractivity contribution is 5.75. The van der Waals surface area contributed by atoms with E-state index in [1.165, 1.54) is 6.42 Å². The van der Waals surface area contributed by atoms with Crippen LogP contribution in [0.3, 0.4) is 0 Å². The SMILES string of the molecule is CCC1(NC(=O)N2CCCC(CCC(=O)O)C2)CCC1. The number of hydrogen-bond donors (Lipinski definition) is 2. The summed E-state index contributed by atoms with van der Waals surface area (Å²) in [4.78, 5) is 24.9. The van der Waals surface area contributed by atoms with Crippen molar-refractivity contribution in [2.45, 2.75) is 63.8 Å². The summed E-state index contributed by atoms with van der Waals surface area (Å²) in [6.07, 6.45) is 7.28. The van der Waals surface area contributed by atoms with E-state index in [1.807, 2.05) is 4.90 Å². The number of piperidine rings is 1. The van der Waals surface area contributed by atoms with E-state index < -0.39 is 5.97 Å². The quantitative estimate of drug-likeness (QED) is 0.814. The van der Waals surface area contributed by atoms with Gasteiger partial charge in [-0.2, -0.15) is 0 Å². The van der Waals surface area contributed by atoms with Gasteiger partial charge >= 0.3 is 12.0 Å². The minimum atomic E-state index is -0.744. The van der Waals surface area contributed by atoms with E-state index in [4.69, 9.17) is 5.11 Å². The van der Waals surface area contributed by atoms with Crippen LogP contribution in [0, 0.1) is 5.92 Å². The molecule has 114 valence electrons. The Kier molecular flexibility index (Phi) is 4.89. The minimum Gasteiger partial charge on any atom is -0.481 e. The van der Waals surface area contributed by atoms with E-state index in [1.54, 1.807) is 0 Å². The summed E-state index contributed by atoms with van der Waals surface area (Å²) in [5.41, 5.74) is 0.0328. The van der Waals surface area contributed by atoms with Crippen molar-refractivity contribution in [1.29, 1.82) is 0 Å². The van der Waals surface area contributed by atoms with Gasteiger partial charge in [-0.15, -0.1) is 0 Å². The standard InChI is InChI=1S/C15H26N2O3/c1-2-15(8-4-9-15)16-14(20)17-10-3-5-12(11-17)6-7-13(18)19/h12H,2-11H2,1H3,(H,16,20)(H,18,19). The van der Waals surface area contributed by atoms with Gasteiger partial charge in [-0.3, -0.25) is 4.79 Å². The maximum absolute atomic E-state index is 12.3. The van der Waals surface area contributed by atoms with Crippen LogP contribution in [0.25, 0.3) is 0 Å². The van der Waals surface area contributed by atoms with Crippen LogP contribution in [0.2, 0.25) is 0 Å². The van der Waals surface area contributed by atoms with Crippen molar-refractivity contribution < 1.29 is 14.7 Å². The first kappa shape index (κ1) is 15.1. The van der Waals surface area contributed by atoms with Gasteiger partial charge in [-0.05, 0) is 50.9 Å². The van der Waals surface area contributed by atoms with Gasteiger partial charge in [0.05, 0.1) is 0 Å². The van der Waals surface area contributed by atoms with Crippen molar-refractivity contribution in [1.82, 2.24) is 10.2 Å². The zero-order valence-corrected chi connectivity index (χ0v) is 12.4. The van der Waals surface area contributed by atoms with Crippen LogP contribution in [-0.4, -0.2) is 40.6 Å². The summed E-state index contributed by atoms with van der Waals surface area (Å²) < 4.78 is 0. The van der Waals surface area contributed by atoms with Crippen LogP contribution >= 0.6 is 0 Å².